The average molecular weight is 588 g/mol. The molecule has 3 N–H and O–H groups in total. The number of anilines is 1. The summed E-state index contributed by atoms with van der Waals surface area (Å²) in [6, 6.07) is 14.8. The standard InChI is InChI=1S/C26H30N5O7PS/c1-34-20-9-8-19(14-21(20)35-2)25(33)40-13-12-37-39(38-15-18-6-4-3-5-7-18)17-36-11-10-31-16-28-22-23(31)29-26(27)30-24(22)32/h3-9,14,16H,10-13,15,17H2,1-2H3,(H3,27,29,30,32). The fourth-order valence-electron chi connectivity index (χ4n) is 3.59. The molecule has 0 saturated carbocycles. The van der Waals surface area contributed by atoms with Crippen LogP contribution in [0.3, 0.4) is 0 Å². The summed E-state index contributed by atoms with van der Waals surface area (Å²) < 4.78 is 30.0. The molecule has 0 amide bonds. The topological polar surface area (TPSA) is 153 Å². The van der Waals surface area contributed by atoms with Gasteiger partial charge in [-0.15, -0.1) is 0 Å². The fourth-order valence-corrected chi connectivity index (χ4v) is 5.45. The van der Waals surface area contributed by atoms with Crippen molar-refractivity contribution in [1.82, 2.24) is 19.5 Å². The number of methoxy groups -OCH3 is 2. The second-order valence-electron chi connectivity index (χ2n) is 8.23. The van der Waals surface area contributed by atoms with E-state index in [9.17, 15) is 9.59 Å². The van der Waals surface area contributed by atoms with E-state index in [1.807, 2.05) is 30.3 Å². The normalized spacial score (nSPS) is 11.9. The predicted octanol–water partition coefficient (Wildman–Crippen LogP) is 3.81. The zero-order valence-corrected chi connectivity index (χ0v) is 23.8. The highest BCUT2D eigenvalue weighted by molar-refractivity contribution is 8.14. The van der Waals surface area contributed by atoms with Crippen LogP contribution in [-0.4, -0.2) is 64.2 Å². The van der Waals surface area contributed by atoms with Gasteiger partial charge in [0.15, 0.2) is 31.0 Å². The van der Waals surface area contributed by atoms with Crippen LogP contribution in [0.4, 0.5) is 5.95 Å². The molecule has 0 saturated heterocycles. The van der Waals surface area contributed by atoms with Gasteiger partial charge >= 0.3 is 0 Å². The summed E-state index contributed by atoms with van der Waals surface area (Å²) in [4.78, 5) is 35.3. The number of benzene rings is 2. The highest BCUT2D eigenvalue weighted by Crippen LogP contribution is 2.39. The van der Waals surface area contributed by atoms with Crippen molar-refractivity contribution in [1.29, 1.82) is 0 Å². The molecule has 2 heterocycles. The SMILES string of the molecule is COc1ccc(C(=O)SCCOP(COCCn2cnc3c(=O)[nH]c(N)nc32)OCc2ccccc2)cc1OC. The molecule has 0 aliphatic heterocycles. The summed E-state index contributed by atoms with van der Waals surface area (Å²) >= 11 is 1.15. The van der Waals surface area contributed by atoms with E-state index >= 15 is 0 Å². The number of nitrogen functional groups attached to an aromatic ring is 1. The second-order valence-corrected chi connectivity index (χ2v) is 10.7. The van der Waals surface area contributed by atoms with Crippen molar-refractivity contribution < 1.29 is 28.1 Å². The molecule has 2 aromatic heterocycles. The zero-order chi connectivity index (χ0) is 28.3. The number of imidazole rings is 1. The summed E-state index contributed by atoms with van der Waals surface area (Å²) in [6.07, 6.45) is 1.74. The zero-order valence-electron chi connectivity index (χ0n) is 22.1. The summed E-state index contributed by atoms with van der Waals surface area (Å²) in [5, 5.41) is -0.101. The second kappa shape index (κ2) is 14.8. The predicted molar refractivity (Wildman–Crippen MR) is 154 cm³/mol. The molecule has 0 radical (unpaired) electrons. The average Bonchev–Trinajstić information content (AvgIpc) is 3.38. The van der Waals surface area contributed by atoms with Crippen LogP contribution < -0.4 is 20.8 Å². The Balaban J connectivity index is 1.28. The summed E-state index contributed by atoms with van der Waals surface area (Å²) in [5.74, 6) is 1.51. The third-order valence-corrected chi connectivity index (χ3v) is 7.71. The molecule has 14 heteroatoms. The van der Waals surface area contributed by atoms with E-state index < -0.39 is 13.9 Å². The van der Waals surface area contributed by atoms with Crippen LogP contribution in [0.25, 0.3) is 11.2 Å². The lowest BCUT2D eigenvalue weighted by Gasteiger charge is -2.18. The van der Waals surface area contributed by atoms with E-state index in [1.165, 1.54) is 13.4 Å². The smallest absolute Gasteiger partial charge is 0.280 e. The Labute approximate surface area is 236 Å². The van der Waals surface area contributed by atoms with Gasteiger partial charge in [0.2, 0.25) is 11.1 Å². The molecule has 212 valence electrons. The number of rotatable bonds is 15. The maximum atomic E-state index is 12.6. The maximum Gasteiger partial charge on any atom is 0.280 e. The quantitative estimate of drug-likeness (QED) is 0.154. The number of nitrogens with zero attached hydrogens (tertiary/aromatic N) is 3. The van der Waals surface area contributed by atoms with E-state index in [0.717, 1.165) is 17.3 Å². The molecule has 40 heavy (non-hydrogen) atoms. The highest BCUT2D eigenvalue weighted by atomic mass is 32.2. The van der Waals surface area contributed by atoms with E-state index in [1.54, 1.807) is 29.9 Å². The molecule has 0 spiro atoms. The lowest BCUT2D eigenvalue weighted by molar-refractivity contribution is 0.108. The molecule has 4 aromatic rings. The van der Waals surface area contributed by atoms with Crippen molar-refractivity contribution in [3.8, 4) is 11.5 Å². The first kappa shape index (κ1) is 29.5. The largest absolute Gasteiger partial charge is 0.493 e. The van der Waals surface area contributed by atoms with E-state index in [4.69, 9.17) is 29.0 Å². The Morgan fingerprint density at radius 2 is 1.88 bits per heavy atom. The lowest BCUT2D eigenvalue weighted by Crippen LogP contribution is -2.13. The fraction of sp³-hybridized carbons (Fsp3) is 0.308. The Morgan fingerprint density at radius 3 is 2.65 bits per heavy atom. The molecule has 0 aliphatic rings. The molecule has 0 bridgehead atoms. The Bertz CT molecular complexity index is 1470. The van der Waals surface area contributed by atoms with Crippen LogP contribution in [-0.2, 0) is 26.9 Å². The summed E-state index contributed by atoms with van der Waals surface area (Å²) in [6.45, 7) is 1.38. The van der Waals surface area contributed by atoms with Crippen molar-refractivity contribution in [2.24, 2.45) is 0 Å². The minimum absolute atomic E-state index is 0.0221. The van der Waals surface area contributed by atoms with Gasteiger partial charge in [-0.2, -0.15) is 4.98 Å². The lowest BCUT2D eigenvalue weighted by atomic mass is 10.2. The molecule has 0 fully saturated rings. The molecule has 1 atom stereocenters. The number of aromatic nitrogens is 4. The molecular formula is C26H30N5O7PS. The first-order valence-corrected chi connectivity index (χ1v) is 14.6. The molecule has 2 aromatic carbocycles. The first-order valence-electron chi connectivity index (χ1n) is 12.2. The minimum Gasteiger partial charge on any atom is -0.493 e. The number of carbonyl (C=O) groups is 1. The Hall–Kier alpha value is -3.48. The van der Waals surface area contributed by atoms with Crippen LogP contribution >= 0.6 is 20.1 Å². The number of hydrogen-bond donors (Lipinski definition) is 2. The third-order valence-electron chi connectivity index (χ3n) is 5.56. The minimum atomic E-state index is -1.40. The molecule has 1 unspecified atom stereocenters. The van der Waals surface area contributed by atoms with Crippen molar-refractivity contribution in [2.75, 3.05) is 45.3 Å². The van der Waals surface area contributed by atoms with Crippen LogP contribution in [0, 0.1) is 0 Å². The number of ether oxygens (including phenoxy) is 3. The monoisotopic (exact) mass is 587 g/mol. The van der Waals surface area contributed by atoms with Gasteiger partial charge in [-0.05, 0) is 23.8 Å². The van der Waals surface area contributed by atoms with Crippen molar-refractivity contribution in [3.05, 3.63) is 76.3 Å². The van der Waals surface area contributed by atoms with Gasteiger partial charge in [-0.3, -0.25) is 14.6 Å². The van der Waals surface area contributed by atoms with E-state index in [2.05, 4.69) is 15.0 Å². The van der Waals surface area contributed by atoms with Gasteiger partial charge in [0.25, 0.3) is 5.56 Å². The molecular weight excluding hydrogens is 557 g/mol. The Kier molecular flexibility index (Phi) is 10.9. The number of nitrogens with two attached hydrogens (primary N) is 1. The number of nitrogens with one attached hydrogen (secondary N) is 1. The molecule has 12 nitrogen and oxygen atoms in total. The van der Waals surface area contributed by atoms with E-state index in [-0.39, 0.29) is 22.9 Å². The van der Waals surface area contributed by atoms with E-state index in [0.29, 0.717) is 54.8 Å². The van der Waals surface area contributed by atoms with Crippen LogP contribution in [0.5, 0.6) is 11.5 Å². The maximum absolute atomic E-state index is 12.6. The van der Waals surface area contributed by atoms with Gasteiger partial charge in [-0.25, -0.2) is 4.98 Å². The number of aromatic amines is 1. The van der Waals surface area contributed by atoms with Crippen LogP contribution in [0.1, 0.15) is 15.9 Å². The first-order chi connectivity index (χ1) is 19.5. The van der Waals surface area contributed by atoms with Crippen molar-refractivity contribution in [3.63, 3.8) is 0 Å². The van der Waals surface area contributed by atoms with Crippen molar-refractivity contribution >= 4 is 42.4 Å². The highest BCUT2D eigenvalue weighted by Gasteiger charge is 2.15. The summed E-state index contributed by atoms with van der Waals surface area (Å²) in [7, 11) is 1.67. The number of H-pyrrole nitrogens is 1. The molecule has 4 rings (SSSR count). The number of carbonyl (C=O) groups excluding carboxylic acids is 1. The van der Waals surface area contributed by atoms with Gasteiger partial charge < -0.3 is 33.6 Å². The number of hydrogen-bond acceptors (Lipinski definition) is 11. The Morgan fingerprint density at radius 1 is 1.07 bits per heavy atom. The third kappa shape index (κ3) is 8.03. The number of fused-ring (bicyclic) bond motifs is 1. The van der Waals surface area contributed by atoms with Gasteiger partial charge in [0.1, 0.15) is 6.35 Å². The molecule has 0 aliphatic carbocycles. The van der Waals surface area contributed by atoms with Gasteiger partial charge in [0.05, 0.1) is 40.4 Å². The number of thioether (sulfide) groups is 1. The van der Waals surface area contributed by atoms with Crippen LogP contribution in [0.2, 0.25) is 0 Å². The van der Waals surface area contributed by atoms with Gasteiger partial charge in [-0.1, -0.05) is 42.1 Å². The van der Waals surface area contributed by atoms with Crippen molar-refractivity contribution in [2.45, 2.75) is 13.2 Å². The van der Waals surface area contributed by atoms with Crippen LogP contribution in [0.15, 0.2) is 59.7 Å². The summed E-state index contributed by atoms with van der Waals surface area (Å²) in [5.41, 5.74) is 7.39. The van der Waals surface area contributed by atoms with Gasteiger partial charge in [0, 0.05) is 17.9 Å².